The van der Waals surface area contributed by atoms with Crippen LogP contribution in [0.2, 0.25) is 0 Å². The van der Waals surface area contributed by atoms with Crippen molar-refractivity contribution in [2.45, 2.75) is 39.7 Å². The number of benzene rings is 1. The maximum atomic E-state index is 11.8. The molecular formula is C16H21NO3. The fraction of sp³-hybridized carbons (Fsp3) is 0.500. The van der Waals surface area contributed by atoms with Crippen LogP contribution in [0.4, 0.5) is 0 Å². The number of esters is 1. The van der Waals surface area contributed by atoms with Gasteiger partial charge in [0.15, 0.2) is 0 Å². The number of nitrogens with zero attached hydrogens (tertiary/aromatic N) is 1. The fourth-order valence-corrected chi connectivity index (χ4v) is 2.29. The molecule has 1 amide bonds. The zero-order valence-corrected chi connectivity index (χ0v) is 12.1. The predicted octanol–water partition coefficient (Wildman–Crippen LogP) is 2.36. The average molecular weight is 275 g/mol. The molecule has 108 valence electrons. The molecule has 0 N–H and O–H groups in total. The molecule has 1 aromatic rings. The number of hydrogen-bond donors (Lipinski definition) is 0. The van der Waals surface area contributed by atoms with Gasteiger partial charge in [-0.2, -0.15) is 0 Å². The molecule has 0 radical (unpaired) electrons. The van der Waals surface area contributed by atoms with Gasteiger partial charge >= 0.3 is 5.97 Å². The molecule has 0 saturated carbocycles. The maximum Gasteiger partial charge on any atom is 0.325 e. The number of likely N-dealkylation sites (tertiary alicyclic amines) is 1. The number of carbonyl (C=O) groups is 2. The van der Waals surface area contributed by atoms with Crippen LogP contribution in [-0.4, -0.2) is 29.9 Å². The van der Waals surface area contributed by atoms with Crippen molar-refractivity contribution in [3.63, 3.8) is 0 Å². The van der Waals surface area contributed by atoms with Gasteiger partial charge in [-0.1, -0.05) is 18.2 Å². The van der Waals surface area contributed by atoms with Gasteiger partial charge in [0.2, 0.25) is 5.91 Å². The first-order valence-electron chi connectivity index (χ1n) is 7.06. The first-order valence-corrected chi connectivity index (χ1v) is 7.06. The van der Waals surface area contributed by atoms with Crippen molar-refractivity contribution >= 4 is 11.9 Å². The highest BCUT2D eigenvalue weighted by atomic mass is 16.5. The SMILES string of the molecule is Cc1ccc(COC(=O)CN2CCCCC2=O)cc1C. The normalized spacial score (nSPS) is 15.3. The van der Waals surface area contributed by atoms with E-state index in [0.29, 0.717) is 13.0 Å². The Labute approximate surface area is 119 Å². The number of piperidine rings is 1. The van der Waals surface area contributed by atoms with Crippen LogP contribution in [-0.2, 0) is 20.9 Å². The molecule has 1 fully saturated rings. The third-order valence-electron chi connectivity index (χ3n) is 3.71. The molecule has 4 heteroatoms. The summed E-state index contributed by atoms with van der Waals surface area (Å²) in [5, 5.41) is 0. The van der Waals surface area contributed by atoms with E-state index in [4.69, 9.17) is 4.74 Å². The molecule has 1 aromatic carbocycles. The fourth-order valence-electron chi connectivity index (χ4n) is 2.29. The van der Waals surface area contributed by atoms with E-state index in [1.54, 1.807) is 4.90 Å². The van der Waals surface area contributed by atoms with E-state index in [1.807, 2.05) is 32.0 Å². The van der Waals surface area contributed by atoms with Gasteiger partial charge in [0, 0.05) is 13.0 Å². The second-order valence-corrected chi connectivity index (χ2v) is 5.35. The molecule has 1 saturated heterocycles. The van der Waals surface area contributed by atoms with Crippen LogP contribution in [0.25, 0.3) is 0 Å². The minimum absolute atomic E-state index is 0.0550. The topological polar surface area (TPSA) is 46.6 Å². The van der Waals surface area contributed by atoms with Gasteiger partial charge < -0.3 is 9.64 Å². The van der Waals surface area contributed by atoms with Gasteiger partial charge in [-0.15, -0.1) is 0 Å². The molecular weight excluding hydrogens is 254 g/mol. The van der Waals surface area contributed by atoms with Gasteiger partial charge in [0.05, 0.1) is 0 Å². The molecule has 2 rings (SSSR count). The lowest BCUT2D eigenvalue weighted by atomic mass is 10.1. The maximum absolute atomic E-state index is 11.8. The third-order valence-corrected chi connectivity index (χ3v) is 3.71. The molecule has 20 heavy (non-hydrogen) atoms. The van der Waals surface area contributed by atoms with E-state index in [0.717, 1.165) is 18.4 Å². The Morgan fingerprint density at radius 1 is 1.25 bits per heavy atom. The summed E-state index contributed by atoms with van der Waals surface area (Å²) in [7, 11) is 0. The van der Waals surface area contributed by atoms with Crippen molar-refractivity contribution in [3.05, 3.63) is 34.9 Å². The van der Waals surface area contributed by atoms with Crippen LogP contribution in [0.3, 0.4) is 0 Å². The van der Waals surface area contributed by atoms with Crippen molar-refractivity contribution in [2.75, 3.05) is 13.1 Å². The highest BCUT2D eigenvalue weighted by Gasteiger charge is 2.20. The Morgan fingerprint density at radius 3 is 2.75 bits per heavy atom. The Kier molecular flexibility index (Phi) is 4.77. The number of aryl methyl sites for hydroxylation is 2. The molecule has 0 bridgehead atoms. The minimum Gasteiger partial charge on any atom is -0.459 e. The summed E-state index contributed by atoms with van der Waals surface area (Å²) in [6.07, 6.45) is 2.44. The standard InChI is InChI=1S/C16H21NO3/c1-12-6-7-14(9-13(12)2)11-20-16(19)10-17-8-4-3-5-15(17)18/h6-7,9H,3-5,8,10-11H2,1-2H3. The molecule has 0 aliphatic carbocycles. The van der Waals surface area contributed by atoms with E-state index in [2.05, 4.69) is 0 Å². The van der Waals surface area contributed by atoms with Gasteiger partial charge in [0.25, 0.3) is 0 Å². The van der Waals surface area contributed by atoms with Crippen LogP contribution in [0, 0.1) is 13.8 Å². The third kappa shape index (κ3) is 3.83. The first kappa shape index (κ1) is 14.6. The minimum atomic E-state index is -0.335. The second kappa shape index (κ2) is 6.55. The van der Waals surface area contributed by atoms with Crippen LogP contribution in [0.5, 0.6) is 0 Å². The molecule has 0 unspecified atom stereocenters. The predicted molar refractivity (Wildman–Crippen MR) is 76.1 cm³/mol. The van der Waals surface area contributed by atoms with E-state index < -0.39 is 0 Å². The summed E-state index contributed by atoms with van der Waals surface area (Å²) < 4.78 is 5.24. The van der Waals surface area contributed by atoms with Gasteiger partial charge in [-0.3, -0.25) is 9.59 Å². The van der Waals surface area contributed by atoms with Gasteiger partial charge in [0.1, 0.15) is 13.2 Å². The largest absolute Gasteiger partial charge is 0.459 e. The van der Waals surface area contributed by atoms with Crippen LogP contribution >= 0.6 is 0 Å². The first-order chi connectivity index (χ1) is 9.56. The average Bonchev–Trinajstić information content (AvgIpc) is 2.43. The molecule has 4 nitrogen and oxygen atoms in total. The van der Waals surface area contributed by atoms with Crippen LogP contribution in [0.1, 0.15) is 36.0 Å². The smallest absolute Gasteiger partial charge is 0.325 e. The zero-order valence-electron chi connectivity index (χ0n) is 12.1. The van der Waals surface area contributed by atoms with Crippen LogP contribution < -0.4 is 0 Å². The Bertz CT molecular complexity index is 510. The number of carbonyl (C=O) groups excluding carboxylic acids is 2. The summed E-state index contributed by atoms with van der Waals surface area (Å²) in [6.45, 7) is 5.09. The Hall–Kier alpha value is -1.84. The van der Waals surface area contributed by atoms with E-state index >= 15 is 0 Å². The van der Waals surface area contributed by atoms with Crippen molar-refractivity contribution in [1.82, 2.24) is 4.90 Å². The van der Waals surface area contributed by atoms with Crippen molar-refractivity contribution in [3.8, 4) is 0 Å². The quantitative estimate of drug-likeness (QED) is 0.792. The lowest BCUT2D eigenvalue weighted by molar-refractivity contribution is -0.151. The highest BCUT2D eigenvalue weighted by Crippen LogP contribution is 2.12. The summed E-state index contributed by atoms with van der Waals surface area (Å²) in [5.41, 5.74) is 3.38. The molecule has 1 aliphatic heterocycles. The molecule has 0 aromatic heterocycles. The molecule has 0 atom stereocenters. The summed E-state index contributed by atoms with van der Waals surface area (Å²) in [4.78, 5) is 25.0. The van der Waals surface area contributed by atoms with E-state index in [-0.39, 0.29) is 25.0 Å². The lowest BCUT2D eigenvalue weighted by Crippen LogP contribution is -2.39. The Morgan fingerprint density at radius 2 is 2.05 bits per heavy atom. The second-order valence-electron chi connectivity index (χ2n) is 5.35. The van der Waals surface area contributed by atoms with Gasteiger partial charge in [-0.05, 0) is 43.4 Å². The van der Waals surface area contributed by atoms with E-state index in [9.17, 15) is 9.59 Å². The summed E-state index contributed by atoms with van der Waals surface area (Å²) in [6, 6.07) is 6.00. The van der Waals surface area contributed by atoms with Crippen molar-refractivity contribution < 1.29 is 14.3 Å². The Balaban J connectivity index is 1.82. The van der Waals surface area contributed by atoms with Crippen LogP contribution in [0.15, 0.2) is 18.2 Å². The number of hydrogen-bond acceptors (Lipinski definition) is 3. The number of ether oxygens (including phenoxy) is 1. The summed E-state index contributed by atoms with van der Waals surface area (Å²) >= 11 is 0. The lowest BCUT2D eigenvalue weighted by Gasteiger charge is -2.25. The zero-order chi connectivity index (χ0) is 14.5. The van der Waals surface area contributed by atoms with Gasteiger partial charge in [-0.25, -0.2) is 0 Å². The monoisotopic (exact) mass is 275 g/mol. The molecule has 0 spiro atoms. The van der Waals surface area contributed by atoms with E-state index in [1.165, 1.54) is 11.1 Å². The number of rotatable bonds is 4. The molecule has 1 heterocycles. The number of amides is 1. The molecule has 1 aliphatic rings. The van der Waals surface area contributed by atoms with Crippen molar-refractivity contribution in [2.24, 2.45) is 0 Å². The summed E-state index contributed by atoms with van der Waals surface area (Å²) in [5.74, 6) is -0.280. The van der Waals surface area contributed by atoms with Crippen molar-refractivity contribution in [1.29, 1.82) is 0 Å². The highest BCUT2D eigenvalue weighted by molar-refractivity contribution is 5.82.